The largest absolute Gasteiger partial charge is 0.490 e. The zero-order valence-electron chi connectivity index (χ0n) is 12.6. The molecule has 0 spiro atoms. The Labute approximate surface area is 122 Å². The van der Waals surface area contributed by atoms with Crippen LogP contribution in [-0.2, 0) is 0 Å². The molecule has 2 rings (SSSR count). The van der Waals surface area contributed by atoms with Crippen molar-refractivity contribution in [2.45, 2.75) is 25.8 Å². The van der Waals surface area contributed by atoms with Gasteiger partial charge in [-0.1, -0.05) is 12.1 Å². The average Bonchev–Trinajstić information content (AvgIpc) is 3.29. The van der Waals surface area contributed by atoms with E-state index < -0.39 is 0 Å². The monoisotopic (exact) mass is 278 g/mol. The summed E-state index contributed by atoms with van der Waals surface area (Å²) in [5.41, 5.74) is 0. The van der Waals surface area contributed by atoms with Gasteiger partial charge < -0.3 is 19.7 Å². The van der Waals surface area contributed by atoms with Gasteiger partial charge in [0.15, 0.2) is 11.5 Å². The molecule has 0 saturated heterocycles. The maximum atomic E-state index is 5.76. The first-order chi connectivity index (χ1) is 9.81. The second-order valence-corrected chi connectivity index (χ2v) is 5.19. The highest BCUT2D eigenvalue weighted by Gasteiger charge is 2.25. The first-order valence-electron chi connectivity index (χ1n) is 7.57. The maximum Gasteiger partial charge on any atom is 0.161 e. The van der Waals surface area contributed by atoms with E-state index in [9.17, 15) is 0 Å². The third-order valence-electron chi connectivity index (χ3n) is 3.50. The van der Waals surface area contributed by atoms with E-state index in [-0.39, 0.29) is 0 Å². The molecule has 1 aromatic carbocycles. The summed E-state index contributed by atoms with van der Waals surface area (Å²) in [6.45, 7) is 6.29. The minimum atomic E-state index is 0.659. The molecule has 1 fully saturated rings. The molecule has 0 amide bonds. The van der Waals surface area contributed by atoms with Crippen LogP contribution in [0.5, 0.6) is 11.5 Å². The summed E-state index contributed by atoms with van der Waals surface area (Å²) in [5.74, 6) is 1.65. The van der Waals surface area contributed by atoms with Crippen LogP contribution in [0.1, 0.15) is 19.8 Å². The topological polar surface area (TPSA) is 33.7 Å². The Bertz CT molecular complexity index is 394. The average molecular weight is 278 g/mol. The Kier molecular flexibility index (Phi) is 6.15. The van der Waals surface area contributed by atoms with E-state index in [0.29, 0.717) is 13.2 Å². The van der Waals surface area contributed by atoms with Crippen molar-refractivity contribution in [3.8, 4) is 11.5 Å². The van der Waals surface area contributed by atoms with Crippen molar-refractivity contribution in [1.82, 2.24) is 10.2 Å². The van der Waals surface area contributed by atoms with Gasteiger partial charge in [-0.2, -0.15) is 0 Å². The van der Waals surface area contributed by atoms with E-state index in [4.69, 9.17) is 9.47 Å². The molecule has 0 radical (unpaired) electrons. The highest BCUT2D eigenvalue weighted by molar-refractivity contribution is 5.39. The minimum Gasteiger partial charge on any atom is -0.490 e. The fourth-order valence-electron chi connectivity index (χ4n) is 2.16. The van der Waals surface area contributed by atoms with E-state index in [1.807, 2.05) is 31.2 Å². The molecule has 112 valence electrons. The molecule has 0 unspecified atom stereocenters. The summed E-state index contributed by atoms with van der Waals surface area (Å²) >= 11 is 0. The smallest absolute Gasteiger partial charge is 0.161 e. The van der Waals surface area contributed by atoms with Crippen LogP contribution in [-0.4, -0.2) is 50.8 Å². The van der Waals surface area contributed by atoms with Crippen LogP contribution in [0.3, 0.4) is 0 Å². The fourth-order valence-corrected chi connectivity index (χ4v) is 2.16. The molecule has 1 aliphatic carbocycles. The van der Waals surface area contributed by atoms with Crippen LogP contribution >= 0.6 is 0 Å². The Balaban J connectivity index is 1.58. The Morgan fingerprint density at radius 1 is 1.15 bits per heavy atom. The number of para-hydroxylation sites is 2. The summed E-state index contributed by atoms with van der Waals surface area (Å²) in [6, 6.07) is 8.66. The van der Waals surface area contributed by atoms with Gasteiger partial charge >= 0.3 is 0 Å². The number of ether oxygens (including phenoxy) is 2. The predicted octanol–water partition coefficient (Wildman–Crippen LogP) is 2.15. The normalized spacial score (nSPS) is 14.6. The summed E-state index contributed by atoms with van der Waals surface area (Å²) in [6.07, 6.45) is 2.74. The van der Waals surface area contributed by atoms with E-state index >= 15 is 0 Å². The Morgan fingerprint density at radius 2 is 1.85 bits per heavy atom. The van der Waals surface area contributed by atoms with Crippen molar-refractivity contribution >= 4 is 0 Å². The Morgan fingerprint density at radius 3 is 2.50 bits per heavy atom. The van der Waals surface area contributed by atoms with Crippen LogP contribution < -0.4 is 14.8 Å². The van der Waals surface area contributed by atoms with Crippen molar-refractivity contribution in [3.63, 3.8) is 0 Å². The summed E-state index contributed by atoms with van der Waals surface area (Å²) in [5, 5.41) is 3.41. The van der Waals surface area contributed by atoms with E-state index in [1.54, 1.807) is 0 Å². The van der Waals surface area contributed by atoms with Gasteiger partial charge in [0.1, 0.15) is 6.61 Å². The number of benzene rings is 1. The summed E-state index contributed by atoms with van der Waals surface area (Å²) in [4.78, 5) is 2.43. The van der Waals surface area contributed by atoms with Gasteiger partial charge in [0.05, 0.1) is 6.61 Å². The Hall–Kier alpha value is -1.26. The van der Waals surface area contributed by atoms with Gasteiger partial charge in [0.25, 0.3) is 0 Å². The lowest BCUT2D eigenvalue weighted by Gasteiger charge is -2.16. The molecule has 0 heterocycles. The fraction of sp³-hybridized carbons (Fsp3) is 0.625. The molecule has 4 heteroatoms. The van der Waals surface area contributed by atoms with Gasteiger partial charge in [-0.3, -0.25) is 0 Å². The van der Waals surface area contributed by atoms with Crippen molar-refractivity contribution < 1.29 is 9.47 Å². The van der Waals surface area contributed by atoms with Crippen molar-refractivity contribution in [3.05, 3.63) is 24.3 Å². The maximum absolute atomic E-state index is 5.76. The van der Waals surface area contributed by atoms with E-state index in [1.165, 1.54) is 12.8 Å². The molecule has 1 N–H and O–H groups in total. The van der Waals surface area contributed by atoms with E-state index in [2.05, 4.69) is 17.3 Å². The van der Waals surface area contributed by atoms with Gasteiger partial charge in [0, 0.05) is 25.7 Å². The lowest BCUT2D eigenvalue weighted by Crippen LogP contribution is -2.32. The van der Waals surface area contributed by atoms with Crippen molar-refractivity contribution in [2.24, 2.45) is 0 Å². The van der Waals surface area contributed by atoms with Crippen LogP contribution in [0.2, 0.25) is 0 Å². The number of nitrogens with one attached hydrogen (secondary N) is 1. The second-order valence-electron chi connectivity index (χ2n) is 5.19. The minimum absolute atomic E-state index is 0.659. The summed E-state index contributed by atoms with van der Waals surface area (Å²) in [7, 11) is 2.20. The molecule has 0 aliphatic heterocycles. The van der Waals surface area contributed by atoms with Crippen molar-refractivity contribution in [1.29, 1.82) is 0 Å². The van der Waals surface area contributed by atoms with Crippen LogP contribution in [0, 0.1) is 0 Å². The molecule has 1 aliphatic rings. The zero-order valence-corrected chi connectivity index (χ0v) is 12.6. The molecular weight excluding hydrogens is 252 g/mol. The van der Waals surface area contributed by atoms with Crippen LogP contribution in [0.4, 0.5) is 0 Å². The third-order valence-corrected chi connectivity index (χ3v) is 3.50. The molecule has 0 atom stereocenters. The summed E-state index contributed by atoms with van der Waals surface area (Å²) < 4.78 is 11.3. The van der Waals surface area contributed by atoms with Gasteiger partial charge in [0.2, 0.25) is 0 Å². The molecular formula is C16H26N2O2. The lowest BCUT2D eigenvalue weighted by atomic mass is 10.3. The first-order valence-corrected chi connectivity index (χ1v) is 7.57. The van der Waals surface area contributed by atoms with Gasteiger partial charge in [-0.25, -0.2) is 0 Å². The SMILES string of the molecule is CCOc1ccccc1OCCNCCN(C)C1CC1. The number of nitrogens with zero attached hydrogens (tertiary/aromatic N) is 1. The van der Waals surface area contributed by atoms with Crippen LogP contribution in [0.25, 0.3) is 0 Å². The quantitative estimate of drug-likeness (QED) is 0.665. The number of rotatable bonds is 10. The van der Waals surface area contributed by atoms with Crippen molar-refractivity contribution in [2.75, 3.05) is 39.9 Å². The number of hydrogen-bond acceptors (Lipinski definition) is 4. The zero-order chi connectivity index (χ0) is 14.2. The lowest BCUT2D eigenvalue weighted by molar-refractivity contribution is 0.270. The molecule has 1 saturated carbocycles. The third kappa shape index (κ3) is 5.02. The van der Waals surface area contributed by atoms with Crippen LogP contribution in [0.15, 0.2) is 24.3 Å². The molecule has 20 heavy (non-hydrogen) atoms. The predicted molar refractivity (Wildman–Crippen MR) is 81.6 cm³/mol. The highest BCUT2D eigenvalue weighted by atomic mass is 16.5. The molecule has 4 nitrogen and oxygen atoms in total. The van der Waals surface area contributed by atoms with E-state index in [0.717, 1.165) is 37.2 Å². The second kappa shape index (κ2) is 8.12. The van der Waals surface area contributed by atoms with Gasteiger partial charge in [-0.15, -0.1) is 0 Å². The number of hydrogen-bond donors (Lipinski definition) is 1. The molecule has 0 bridgehead atoms. The highest BCUT2D eigenvalue weighted by Crippen LogP contribution is 2.26. The number of likely N-dealkylation sites (N-methyl/N-ethyl adjacent to an activating group) is 1. The molecule has 1 aromatic rings. The van der Waals surface area contributed by atoms with Gasteiger partial charge in [-0.05, 0) is 38.9 Å². The standard InChI is InChI=1S/C16H26N2O2/c1-3-19-15-6-4-5-7-16(15)20-13-11-17-10-12-18(2)14-8-9-14/h4-7,14,17H,3,8-13H2,1-2H3. The first kappa shape index (κ1) is 15.1. The molecule has 0 aromatic heterocycles.